The van der Waals surface area contributed by atoms with E-state index < -0.39 is 11.9 Å². The lowest BCUT2D eigenvalue weighted by atomic mass is 10.1. The number of amides is 1. The van der Waals surface area contributed by atoms with Gasteiger partial charge in [0.05, 0.1) is 10.9 Å². The molecule has 2 aromatic rings. The van der Waals surface area contributed by atoms with Gasteiger partial charge in [-0.2, -0.15) is 0 Å². The summed E-state index contributed by atoms with van der Waals surface area (Å²) >= 11 is 6.11. The van der Waals surface area contributed by atoms with Crippen LogP contribution in [0.15, 0.2) is 40.8 Å². The van der Waals surface area contributed by atoms with Gasteiger partial charge in [-0.3, -0.25) is 9.59 Å². The van der Waals surface area contributed by atoms with Crippen molar-refractivity contribution in [3.8, 4) is 11.3 Å². The van der Waals surface area contributed by atoms with Crippen LogP contribution in [0.3, 0.4) is 0 Å². The second-order valence-corrected chi connectivity index (χ2v) is 5.63. The minimum Gasteiger partial charge on any atom is -0.481 e. The molecule has 2 heterocycles. The topological polar surface area (TPSA) is 70.8 Å². The van der Waals surface area contributed by atoms with E-state index in [-0.39, 0.29) is 18.2 Å². The number of hydrogen-bond donors (Lipinski definition) is 1. The number of halogens is 1. The molecule has 1 aromatic carbocycles. The minimum atomic E-state index is -0.869. The predicted octanol–water partition coefficient (Wildman–Crippen LogP) is 3.15. The SMILES string of the molecule is O=C(O)[C@H]1CCN(C(=O)c2ccc(-c3ccccc3Cl)o2)C1. The summed E-state index contributed by atoms with van der Waals surface area (Å²) in [5, 5.41) is 9.54. The van der Waals surface area contributed by atoms with Crippen molar-refractivity contribution >= 4 is 23.5 Å². The van der Waals surface area contributed by atoms with Crippen molar-refractivity contribution in [3.05, 3.63) is 47.2 Å². The van der Waals surface area contributed by atoms with E-state index in [0.29, 0.717) is 29.3 Å². The second kappa shape index (κ2) is 5.85. The van der Waals surface area contributed by atoms with Crippen molar-refractivity contribution in [2.24, 2.45) is 5.92 Å². The number of benzene rings is 1. The van der Waals surface area contributed by atoms with Gasteiger partial charge in [0.15, 0.2) is 5.76 Å². The number of likely N-dealkylation sites (tertiary alicyclic amines) is 1. The molecule has 0 saturated carbocycles. The largest absolute Gasteiger partial charge is 0.481 e. The van der Waals surface area contributed by atoms with Crippen molar-refractivity contribution < 1.29 is 19.1 Å². The summed E-state index contributed by atoms with van der Waals surface area (Å²) in [4.78, 5) is 24.8. The highest BCUT2D eigenvalue weighted by atomic mass is 35.5. The average molecular weight is 320 g/mol. The maximum absolute atomic E-state index is 12.4. The molecule has 1 aromatic heterocycles. The Kier molecular flexibility index (Phi) is 3.90. The van der Waals surface area contributed by atoms with Crippen LogP contribution >= 0.6 is 11.6 Å². The van der Waals surface area contributed by atoms with Gasteiger partial charge in [-0.1, -0.05) is 23.7 Å². The number of hydrogen-bond acceptors (Lipinski definition) is 3. The Morgan fingerprint density at radius 2 is 2.00 bits per heavy atom. The van der Waals surface area contributed by atoms with E-state index in [2.05, 4.69) is 0 Å². The van der Waals surface area contributed by atoms with Crippen molar-refractivity contribution in [1.29, 1.82) is 0 Å². The number of aliphatic carboxylic acids is 1. The summed E-state index contributed by atoms with van der Waals surface area (Å²) in [7, 11) is 0. The van der Waals surface area contributed by atoms with E-state index in [1.165, 1.54) is 4.90 Å². The van der Waals surface area contributed by atoms with Crippen LogP contribution in [0.25, 0.3) is 11.3 Å². The number of rotatable bonds is 3. The lowest BCUT2D eigenvalue weighted by Crippen LogP contribution is -2.29. The van der Waals surface area contributed by atoms with E-state index in [4.69, 9.17) is 21.1 Å². The van der Waals surface area contributed by atoms with Crippen molar-refractivity contribution in [2.45, 2.75) is 6.42 Å². The summed E-state index contributed by atoms with van der Waals surface area (Å²) in [6.07, 6.45) is 0.471. The number of nitrogens with zero attached hydrogens (tertiary/aromatic N) is 1. The summed E-state index contributed by atoms with van der Waals surface area (Å²) in [6.45, 7) is 0.647. The molecule has 0 spiro atoms. The lowest BCUT2D eigenvalue weighted by molar-refractivity contribution is -0.141. The maximum Gasteiger partial charge on any atom is 0.308 e. The standard InChI is InChI=1S/C16H14ClNO4/c17-12-4-2-1-3-11(12)13-5-6-14(22-13)15(19)18-8-7-10(9-18)16(20)21/h1-6,10H,7-9H2,(H,20,21)/t10-/m0/s1. The van der Waals surface area contributed by atoms with Gasteiger partial charge >= 0.3 is 5.97 Å². The number of furan rings is 1. The molecule has 1 atom stereocenters. The fraction of sp³-hybridized carbons (Fsp3) is 0.250. The minimum absolute atomic E-state index is 0.195. The van der Waals surface area contributed by atoms with Crippen molar-refractivity contribution in [2.75, 3.05) is 13.1 Å². The van der Waals surface area contributed by atoms with Crippen LogP contribution in [0.5, 0.6) is 0 Å². The van der Waals surface area contributed by atoms with E-state index in [1.54, 1.807) is 18.2 Å². The van der Waals surface area contributed by atoms with Gasteiger partial charge < -0.3 is 14.4 Å². The van der Waals surface area contributed by atoms with Gasteiger partial charge in [-0.05, 0) is 30.7 Å². The Bertz CT molecular complexity index is 724. The summed E-state index contributed by atoms with van der Waals surface area (Å²) in [5.41, 5.74) is 0.716. The average Bonchev–Trinajstić information content (AvgIpc) is 3.17. The molecule has 0 unspecified atom stereocenters. The van der Waals surface area contributed by atoms with Crippen LogP contribution in [-0.2, 0) is 4.79 Å². The third-order valence-electron chi connectivity index (χ3n) is 3.78. The smallest absolute Gasteiger partial charge is 0.308 e. The Hall–Kier alpha value is -2.27. The first-order chi connectivity index (χ1) is 10.6. The molecule has 1 aliphatic rings. The molecule has 22 heavy (non-hydrogen) atoms. The van der Waals surface area contributed by atoms with Crippen LogP contribution in [0.4, 0.5) is 0 Å². The normalized spacial score (nSPS) is 17.7. The molecule has 1 aliphatic heterocycles. The van der Waals surface area contributed by atoms with Crippen LogP contribution in [0.1, 0.15) is 17.0 Å². The molecule has 1 saturated heterocycles. The molecule has 1 fully saturated rings. The first-order valence-corrected chi connectivity index (χ1v) is 7.31. The zero-order valence-electron chi connectivity index (χ0n) is 11.7. The van der Waals surface area contributed by atoms with E-state index >= 15 is 0 Å². The number of carboxylic acid groups (broad SMARTS) is 1. The molecule has 6 heteroatoms. The first kappa shape index (κ1) is 14.7. The lowest BCUT2D eigenvalue weighted by Gasteiger charge is -2.13. The van der Waals surface area contributed by atoms with Gasteiger partial charge in [-0.15, -0.1) is 0 Å². The summed E-state index contributed by atoms with van der Waals surface area (Å²) < 4.78 is 5.60. The zero-order valence-corrected chi connectivity index (χ0v) is 12.4. The van der Waals surface area contributed by atoms with Crippen LogP contribution in [0.2, 0.25) is 5.02 Å². The molecule has 1 N–H and O–H groups in total. The summed E-state index contributed by atoms with van der Waals surface area (Å²) in [6, 6.07) is 10.5. The zero-order chi connectivity index (χ0) is 15.7. The fourth-order valence-corrected chi connectivity index (χ4v) is 2.79. The van der Waals surface area contributed by atoms with Crippen LogP contribution in [-0.4, -0.2) is 35.0 Å². The van der Waals surface area contributed by atoms with E-state index in [1.807, 2.05) is 18.2 Å². The highest BCUT2D eigenvalue weighted by Gasteiger charge is 2.32. The predicted molar refractivity (Wildman–Crippen MR) is 80.8 cm³/mol. The van der Waals surface area contributed by atoms with Crippen LogP contribution in [0, 0.1) is 5.92 Å². The quantitative estimate of drug-likeness (QED) is 0.943. The van der Waals surface area contributed by atoms with Gasteiger partial charge in [0.1, 0.15) is 5.76 Å². The highest BCUT2D eigenvalue weighted by molar-refractivity contribution is 6.33. The maximum atomic E-state index is 12.4. The molecular formula is C16H14ClNO4. The Balaban J connectivity index is 1.78. The monoisotopic (exact) mass is 319 g/mol. The molecule has 1 amide bonds. The molecule has 0 bridgehead atoms. The molecule has 114 valence electrons. The Labute approximate surface area is 132 Å². The molecule has 0 aliphatic carbocycles. The number of carbonyl (C=O) groups excluding carboxylic acids is 1. The summed E-state index contributed by atoms with van der Waals surface area (Å²) in [5.74, 6) is -0.945. The van der Waals surface area contributed by atoms with Crippen molar-refractivity contribution in [3.63, 3.8) is 0 Å². The Morgan fingerprint density at radius 1 is 1.23 bits per heavy atom. The first-order valence-electron chi connectivity index (χ1n) is 6.93. The van der Waals surface area contributed by atoms with E-state index in [9.17, 15) is 9.59 Å². The number of carboxylic acids is 1. The van der Waals surface area contributed by atoms with E-state index in [0.717, 1.165) is 0 Å². The Morgan fingerprint density at radius 3 is 2.68 bits per heavy atom. The number of carbonyl (C=O) groups is 2. The van der Waals surface area contributed by atoms with Gasteiger partial charge in [0, 0.05) is 18.7 Å². The van der Waals surface area contributed by atoms with Crippen LogP contribution < -0.4 is 0 Å². The molecule has 0 radical (unpaired) electrons. The van der Waals surface area contributed by atoms with Gasteiger partial charge in [0.25, 0.3) is 5.91 Å². The third kappa shape index (κ3) is 2.72. The van der Waals surface area contributed by atoms with Gasteiger partial charge in [-0.25, -0.2) is 0 Å². The highest BCUT2D eigenvalue weighted by Crippen LogP contribution is 2.30. The molecule has 5 nitrogen and oxygen atoms in total. The van der Waals surface area contributed by atoms with Crippen molar-refractivity contribution in [1.82, 2.24) is 4.90 Å². The second-order valence-electron chi connectivity index (χ2n) is 5.22. The molecular weight excluding hydrogens is 306 g/mol. The third-order valence-corrected chi connectivity index (χ3v) is 4.11. The fourth-order valence-electron chi connectivity index (χ4n) is 2.56. The van der Waals surface area contributed by atoms with Gasteiger partial charge in [0.2, 0.25) is 0 Å². The molecule has 3 rings (SSSR count).